The Labute approximate surface area is 151 Å². The molecule has 2 aliphatic carbocycles. The number of fused-ring (bicyclic) bond motifs is 2. The molecular weight excluding hydrogens is 306 g/mol. The van der Waals surface area contributed by atoms with Crippen LogP contribution in [0.3, 0.4) is 0 Å². The zero-order valence-electron chi connectivity index (χ0n) is 15.1. The number of hydrogen-bond acceptors (Lipinski definition) is 2. The van der Waals surface area contributed by atoms with E-state index in [4.69, 9.17) is 4.74 Å². The van der Waals surface area contributed by atoms with Gasteiger partial charge in [-0.3, -0.25) is 4.90 Å². The summed E-state index contributed by atoms with van der Waals surface area (Å²) in [5.74, 6) is 1.98. The van der Waals surface area contributed by atoms with Crippen LogP contribution in [-0.4, -0.2) is 31.1 Å². The van der Waals surface area contributed by atoms with Crippen LogP contribution in [0, 0.1) is 11.8 Å². The van der Waals surface area contributed by atoms with E-state index in [1.165, 1.54) is 55.5 Å². The maximum absolute atomic E-state index is 6.09. The molecule has 1 aliphatic heterocycles. The standard InChI is InChI=1S/C23H29NO/c1-18-22-8-4-3-7-19(22)9-10-20-17-21(11-12-23(18)20)25-16-15-24-13-5-2-6-14-24/h3-4,7-8,11-12,17,20,23H,1-2,5-6,9-10,13-16H2. The number of nitrogens with zero attached hydrogens (tertiary/aromatic N) is 1. The molecule has 0 spiro atoms. The third-order valence-electron chi connectivity index (χ3n) is 5.95. The Balaban J connectivity index is 1.38. The lowest BCUT2D eigenvalue weighted by atomic mass is 9.81. The highest BCUT2D eigenvalue weighted by atomic mass is 16.5. The van der Waals surface area contributed by atoms with E-state index in [2.05, 4.69) is 54.0 Å². The Morgan fingerprint density at radius 2 is 1.96 bits per heavy atom. The predicted molar refractivity (Wildman–Crippen MR) is 104 cm³/mol. The van der Waals surface area contributed by atoms with Crippen molar-refractivity contribution in [2.75, 3.05) is 26.2 Å². The average molecular weight is 335 g/mol. The third kappa shape index (κ3) is 3.74. The highest BCUT2D eigenvalue weighted by Gasteiger charge is 2.28. The smallest absolute Gasteiger partial charge is 0.115 e. The molecule has 0 radical (unpaired) electrons. The second-order valence-corrected chi connectivity index (χ2v) is 7.59. The number of ether oxygens (including phenoxy) is 1. The molecule has 2 unspecified atom stereocenters. The van der Waals surface area contributed by atoms with Gasteiger partial charge in [0, 0.05) is 12.5 Å². The highest BCUT2D eigenvalue weighted by Crippen LogP contribution is 2.40. The third-order valence-corrected chi connectivity index (χ3v) is 5.95. The van der Waals surface area contributed by atoms with Crippen molar-refractivity contribution < 1.29 is 4.74 Å². The van der Waals surface area contributed by atoms with Gasteiger partial charge in [-0.2, -0.15) is 0 Å². The van der Waals surface area contributed by atoms with Crippen LogP contribution in [0.4, 0.5) is 0 Å². The van der Waals surface area contributed by atoms with E-state index >= 15 is 0 Å². The van der Waals surface area contributed by atoms with Crippen molar-refractivity contribution in [1.82, 2.24) is 4.90 Å². The van der Waals surface area contributed by atoms with Gasteiger partial charge in [0.05, 0.1) is 0 Å². The summed E-state index contributed by atoms with van der Waals surface area (Å²) < 4.78 is 6.09. The van der Waals surface area contributed by atoms with Crippen molar-refractivity contribution in [2.45, 2.75) is 32.1 Å². The number of piperidine rings is 1. The van der Waals surface area contributed by atoms with Crippen LogP contribution in [0.5, 0.6) is 0 Å². The summed E-state index contributed by atoms with van der Waals surface area (Å²) in [4.78, 5) is 2.53. The molecule has 4 rings (SSSR count). The van der Waals surface area contributed by atoms with E-state index in [0.29, 0.717) is 11.8 Å². The molecule has 2 atom stereocenters. The van der Waals surface area contributed by atoms with Crippen molar-refractivity contribution >= 4 is 5.57 Å². The first-order valence-corrected chi connectivity index (χ1v) is 9.83. The van der Waals surface area contributed by atoms with Crippen LogP contribution < -0.4 is 0 Å². The fourth-order valence-corrected chi connectivity index (χ4v) is 4.47. The molecule has 1 saturated heterocycles. The molecule has 132 valence electrons. The molecular formula is C23H29NO. The number of rotatable bonds is 4. The van der Waals surface area contributed by atoms with Crippen molar-refractivity contribution in [3.8, 4) is 0 Å². The molecule has 1 heterocycles. The molecule has 3 aliphatic rings. The Morgan fingerprint density at radius 1 is 1.12 bits per heavy atom. The van der Waals surface area contributed by atoms with Gasteiger partial charge in [-0.05, 0) is 73.5 Å². The summed E-state index contributed by atoms with van der Waals surface area (Å²) in [5.41, 5.74) is 4.05. The Morgan fingerprint density at radius 3 is 2.84 bits per heavy atom. The lowest BCUT2D eigenvalue weighted by Gasteiger charge is -2.28. The van der Waals surface area contributed by atoms with Crippen LogP contribution >= 0.6 is 0 Å². The Bertz CT molecular complexity index is 681. The largest absolute Gasteiger partial charge is 0.493 e. The van der Waals surface area contributed by atoms with E-state index < -0.39 is 0 Å². The number of benzene rings is 1. The molecule has 1 aromatic rings. The molecule has 0 aromatic heterocycles. The van der Waals surface area contributed by atoms with Gasteiger partial charge in [0.25, 0.3) is 0 Å². The quantitative estimate of drug-likeness (QED) is 0.781. The summed E-state index contributed by atoms with van der Waals surface area (Å²) in [5, 5.41) is 0. The van der Waals surface area contributed by atoms with E-state index in [-0.39, 0.29) is 0 Å². The average Bonchev–Trinajstić information content (AvgIpc) is 2.80. The van der Waals surface area contributed by atoms with E-state index in [1.54, 1.807) is 0 Å². The minimum atomic E-state index is 0.415. The zero-order valence-corrected chi connectivity index (χ0v) is 15.1. The van der Waals surface area contributed by atoms with Crippen molar-refractivity contribution in [3.63, 3.8) is 0 Å². The van der Waals surface area contributed by atoms with Gasteiger partial charge in [-0.15, -0.1) is 0 Å². The Hall–Kier alpha value is -1.80. The minimum Gasteiger partial charge on any atom is -0.493 e. The lowest BCUT2D eigenvalue weighted by molar-refractivity contribution is 0.146. The molecule has 2 nitrogen and oxygen atoms in total. The predicted octanol–water partition coefficient (Wildman–Crippen LogP) is 4.83. The van der Waals surface area contributed by atoms with Gasteiger partial charge in [0.1, 0.15) is 12.4 Å². The monoisotopic (exact) mass is 335 g/mol. The summed E-state index contributed by atoms with van der Waals surface area (Å²) in [6, 6.07) is 8.74. The normalized spacial score (nSPS) is 26.4. The van der Waals surface area contributed by atoms with Crippen molar-refractivity contribution in [3.05, 3.63) is 66.0 Å². The first-order chi connectivity index (χ1) is 12.3. The van der Waals surface area contributed by atoms with Gasteiger partial charge < -0.3 is 4.74 Å². The minimum absolute atomic E-state index is 0.415. The summed E-state index contributed by atoms with van der Waals surface area (Å²) >= 11 is 0. The van der Waals surface area contributed by atoms with Crippen molar-refractivity contribution in [1.29, 1.82) is 0 Å². The molecule has 25 heavy (non-hydrogen) atoms. The van der Waals surface area contributed by atoms with Crippen LogP contribution in [0.2, 0.25) is 0 Å². The molecule has 0 bridgehead atoms. The highest BCUT2D eigenvalue weighted by molar-refractivity contribution is 5.71. The van der Waals surface area contributed by atoms with Crippen LogP contribution in [-0.2, 0) is 11.2 Å². The van der Waals surface area contributed by atoms with Gasteiger partial charge in [0.2, 0.25) is 0 Å². The van der Waals surface area contributed by atoms with Gasteiger partial charge in [0.15, 0.2) is 0 Å². The fourth-order valence-electron chi connectivity index (χ4n) is 4.47. The first kappa shape index (κ1) is 16.7. The van der Waals surface area contributed by atoms with E-state index in [9.17, 15) is 0 Å². The number of likely N-dealkylation sites (tertiary alicyclic amines) is 1. The van der Waals surface area contributed by atoms with Crippen LogP contribution in [0.1, 0.15) is 36.8 Å². The van der Waals surface area contributed by atoms with Gasteiger partial charge >= 0.3 is 0 Å². The molecule has 0 saturated carbocycles. The van der Waals surface area contributed by atoms with Gasteiger partial charge in [-0.1, -0.05) is 43.3 Å². The van der Waals surface area contributed by atoms with E-state index in [1.807, 2.05) is 0 Å². The maximum atomic E-state index is 6.09. The summed E-state index contributed by atoms with van der Waals surface area (Å²) in [6.07, 6.45) is 13.2. The second kappa shape index (κ2) is 7.61. The number of allylic oxidation sites excluding steroid dienone is 4. The molecule has 1 fully saturated rings. The fraction of sp³-hybridized carbons (Fsp3) is 0.478. The summed E-state index contributed by atoms with van der Waals surface area (Å²) in [6.45, 7) is 8.75. The second-order valence-electron chi connectivity index (χ2n) is 7.59. The Kier molecular flexibility index (Phi) is 5.07. The topological polar surface area (TPSA) is 12.5 Å². The molecule has 1 aromatic carbocycles. The van der Waals surface area contributed by atoms with Crippen molar-refractivity contribution in [2.24, 2.45) is 11.8 Å². The van der Waals surface area contributed by atoms with Crippen LogP contribution in [0.25, 0.3) is 5.57 Å². The number of hydrogen-bond donors (Lipinski definition) is 0. The summed E-state index contributed by atoms with van der Waals surface area (Å²) in [7, 11) is 0. The molecule has 2 heteroatoms. The van der Waals surface area contributed by atoms with Gasteiger partial charge in [-0.25, -0.2) is 0 Å². The number of aryl methyl sites for hydroxylation is 1. The SMILES string of the molecule is C=C1c2ccccc2CCC2C=C(OCCN3CCCCC3)C=CC12. The first-order valence-electron chi connectivity index (χ1n) is 9.83. The molecule has 0 N–H and O–H groups in total. The maximum Gasteiger partial charge on any atom is 0.115 e. The zero-order chi connectivity index (χ0) is 17.1. The van der Waals surface area contributed by atoms with Crippen LogP contribution in [0.15, 0.2) is 54.8 Å². The lowest BCUT2D eigenvalue weighted by Crippen LogP contribution is -2.32. The molecule has 0 amide bonds. The van der Waals surface area contributed by atoms with E-state index in [0.717, 1.165) is 25.3 Å².